The van der Waals surface area contributed by atoms with Gasteiger partial charge in [-0.25, -0.2) is 0 Å². The van der Waals surface area contributed by atoms with Crippen molar-refractivity contribution in [2.75, 3.05) is 0 Å². The second kappa shape index (κ2) is 5.33. The molecule has 17 heavy (non-hydrogen) atoms. The molecule has 0 amide bonds. The molecule has 0 fully saturated rings. The van der Waals surface area contributed by atoms with Gasteiger partial charge in [0, 0.05) is 0 Å². The Hall–Kier alpha value is -1.33. The van der Waals surface area contributed by atoms with Gasteiger partial charge in [0.2, 0.25) is 0 Å². The fourth-order valence-corrected chi connectivity index (χ4v) is 1.67. The maximum absolute atomic E-state index is 12.8. The lowest BCUT2D eigenvalue weighted by Gasteiger charge is -2.21. The first-order chi connectivity index (χ1) is 7.86. The molecule has 0 heterocycles. The summed E-state index contributed by atoms with van der Waals surface area (Å²) in [6.07, 6.45) is -4.01. The highest BCUT2D eigenvalue weighted by Gasteiger charge is 2.34. The first-order valence-electron chi connectivity index (χ1n) is 5.13. The van der Waals surface area contributed by atoms with Gasteiger partial charge in [-0.05, 0) is 25.0 Å². The number of benzene rings is 1. The van der Waals surface area contributed by atoms with Crippen LogP contribution in [-0.4, -0.2) is 0 Å². The van der Waals surface area contributed by atoms with Crippen molar-refractivity contribution in [2.24, 2.45) is 5.84 Å². The highest BCUT2D eigenvalue weighted by atomic mass is 19.4. The Morgan fingerprint density at radius 2 is 2.00 bits per heavy atom. The highest BCUT2D eigenvalue weighted by Crippen LogP contribution is 2.35. The predicted molar refractivity (Wildman–Crippen MR) is 60.9 cm³/mol. The van der Waals surface area contributed by atoms with E-state index in [-0.39, 0.29) is 5.56 Å². The summed E-state index contributed by atoms with van der Waals surface area (Å²) >= 11 is 0. The van der Waals surface area contributed by atoms with Crippen molar-refractivity contribution in [3.8, 4) is 0 Å². The Morgan fingerprint density at radius 3 is 2.47 bits per heavy atom. The molecule has 1 rings (SSSR count). The van der Waals surface area contributed by atoms with E-state index in [4.69, 9.17) is 5.84 Å². The van der Waals surface area contributed by atoms with Crippen LogP contribution in [0, 0.1) is 0 Å². The predicted octanol–water partition coefficient (Wildman–Crippen LogP) is 3.18. The van der Waals surface area contributed by atoms with Crippen molar-refractivity contribution in [1.29, 1.82) is 0 Å². The minimum absolute atomic E-state index is 0.144. The van der Waals surface area contributed by atoms with E-state index in [1.807, 2.05) is 0 Å². The van der Waals surface area contributed by atoms with Crippen LogP contribution in [-0.2, 0) is 6.18 Å². The van der Waals surface area contributed by atoms with Gasteiger partial charge < -0.3 is 0 Å². The van der Waals surface area contributed by atoms with Crippen LogP contribution in [0.5, 0.6) is 0 Å². The van der Waals surface area contributed by atoms with Crippen molar-refractivity contribution in [3.05, 3.63) is 47.5 Å². The monoisotopic (exact) mass is 244 g/mol. The third-order valence-corrected chi connectivity index (χ3v) is 2.40. The third-order valence-electron chi connectivity index (χ3n) is 2.40. The molecule has 0 aliphatic heterocycles. The molecular formula is C12H15F3N2. The summed E-state index contributed by atoms with van der Waals surface area (Å²) in [5, 5.41) is 0. The maximum atomic E-state index is 12.8. The lowest BCUT2D eigenvalue weighted by molar-refractivity contribution is -0.138. The van der Waals surface area contributed by atoms with Gasteiger partial charge in [-0.1, -0.05) is 23.8 Å². The topological polar surface area (TPSA) is 38.0 Å². The quantitative estimate of drug-likeness (QED) is 0.485. The molecule has 1 aromatic rings. The smallest absolute Gasteiger partial charge is 0.271 e. The number of rotatable bonds is 4. The summed E-state index contributed by atoms with van der Waals surface area (Å²) in [5.41, 5.74) is 2.65. The molecule has 0 saturated carbocycles. The standard InChI is InChI=1S/C12H15F3N2/c1-8(2)7-11(17-16)9-5-3-4-6-10(9)12(13,14)15/h3-6,11,17H,1,7,16H2,2H3. The summed E-state index contributed by atoms with van der Waals surface area (Å²) < 4.78 is 38.4. The van der Waals surface area contributed by atoms with Gasteiger partial charge in [0.25, 0.3) is 0 Å². The number of nitrogens with two attached hydrogens (primary N) is 1. The molecule has 3 N–H and O–H groups in total. The van der Waals surface area contributed by atoms with E-state index in [0.717, 1.165) is 11.6 Å². The zero-order chi connectivity index (χ0) is 13.1. The average Bonchev–Trinajstić information content (AvgIpc) is 2.24. The van der Waals surface area contributed by atoms with Crippen LogP contribution in [0.25, 0.3) is 0 Å². The van der Waals surface area contributed by atoms with Crippen LogP contribution in [0.3, 0.4) is 0 Å². The molecule has 0 spiro atoms. The number of halogens is 3. The molecule has 5 heteroatoms. The lowest BCUT2D eigenvalue weighted by atomic mass is 9.96. The largest absolute Gasteiger partial charge is 0.416 e. The highest BCUT2D eigenvalue weighted by molar-refractivity contribution is 5.33. The van der Waals surface area contributed by atoms with Crippen molar-refractivity contribution in [1.82, 2.24) is 5.43 Å². The van der Waals surface area contributed by atoms with Crippen LogP contribution in [0.4, 0.5) is 13.2 Å². The van der Waals surface area contributed by atoms with Crippen molar-refractivity contribution in [2.45, 2.75) is 25.6 Å². The van der Waals surface area contributed by atoms with E-state index in [2.05, 4.69) is 12.0 Å². The molecular weight excluding hydrogens is 229 g/mol. The van der Waals surface area contributed by atoms with E-state index in [0.29, 0.717) is 6.42 Å². The molecule has 1 atom stereocenters. The zero-order valence-corrected chi connectivity index (χ0v) is 9.51. The normalized spacial score (nSPS) is 13.5. The van der Waals surface area contributed by atoms with Gasteiger partial charge in [0.15, 0.2) is 0 Å². The van der Waals surface area contributed by atoms with Gasteiger partial charge in [0.1, 0.15) is 0 Å². The number of hydrogen-bond donors (Lipinski definition) is 2. The van der Waals surface area contributed by atoms with Crippen LogP contribution in [0.15, 0.2) is 36.4 Å². The van der Waals surface area contributed by atoms with Crippen LogP contribution in [0.2, 0.25) is 0 Å². The number of hydrogen-bond acceptors (Lipinski definition) is 2. The third kappa shape index (κ3) is 3.57. The second-order valence-electron chi connectivity index (χ2n) is 3.97. The van der Waals surface area contributed by atoms with Crippen molar-refractivity contribution >= 4 is 0 Å². The van der Waals surface area contributed by atoms with Gasteiger partial charge in [0.05, 0.1) is 11.6 Å². The van der Waals surface area contributed by atoms with Crippen LogP contribution in [0.1, 0.15) is 30.5 Å². The summed E-state index contributed by atoms with van der Waals surface area (Å²) in [4.78, 5) is 0. The fraction of sp³-hybridized carbons (Fsp3) is 0.333. The maximum Gasteiger partial charge on any atom is 0.416 e. The lowest BCUT2D eigenvalue weighted by Crippen LogP contribution is -2.30. The molecule has 2 nitrogen and oxygen atoms in total. The molecule has 94 valence electrons. The Labute approximate surface area is 98.3 Å². The number of hydrazine groups is 1. The van der Waals surface area contributed by atoms with Gasteiger partial charge >= 0.3 is 6.18 Å². The number of nitrogens with one attached hydrogen (secondary N) is 1. The summed E-state index contributed by atoms with van der Waals surface area (Å²) in [7, 11) is 0. The van der Waals surface area contributed by atoms with E-state index in [9.17, 15) is 13.2 Å². The Balaban J connectivity index is 3.15. The van der Waals surface area contributed by atoms with E-state index >= 15 is 0 Å². The van der Waals surface area contributed by atoms with E-state index in [1.165, 1.54) is 12.1 Å². The molecule has 0 aromatic heterocycles. The van der Waals surface area contributed by atoms with Gasteiger partial charge in [-0.2, -0.15) is 13.2 Å². The minimum atomic E-state index is -4.37. The molecule has 0 aliphatic carbocycles. The van der Waals surface area contributed by atoms with Crippen molar-refractivity contribution in [3.63, 3.8) is 0 Å². The van der Waals surface area contributed by atoms with Crippen LogP contribution < -0.4 is 11.3 Å². The average molecular weight is 244 g/mol. The summed E-state index contributed by atoms with van der Waals surface area (Å²) in [5.74, 6) is 5.31. The van der Waals surface area contributed by atoms with Gasteiger partial charge in [-0.3, -0.25) is 11.3 Å². The Morgan fingerprint density at radius 1 is 1.41 bits per heavy atom. The molecule has 0 bridgehead atoms. The molecule has 0 radical (unpaired) electrons. The molecule has 1 unspecified atom stereocenters. The van der Waals surface area contributed by atoms with Crippen molar-refractivity contribution < 1.29 is 13.2 Å². The Kier molecular flexibility index (Phi) is 4.31. The fourth-order valence-electron chi connectivity index (χ4n) is 1.67. The first-order valence-corrected chi connectivity index (χ1v) is 5.13. The second-order valence-corrected chi connectivity index (χ2v) is 3.97. The first kappa shape index (κ1) is 13.7. The molecule has 1 aromatic carbocycles. The van der Waals surface area contributed by atoms with E-state index < -0.39 is 17.8 Å². The molecule has 0 aliphatic rings. The van der Waals surface area contributed by atoms with Crippen LogP contribution >= 0.6 is 0 Å². The SMILES string of the molecule is C=C(C)CC(NN)c1ccccc1C(F)(F)F. The van der Waals surface area contributed by atoms with E-state index in [1.54, 1.807) is 13.0 Å². The van der Waals surface area contributed by atoms with Gasteiger partial charge in [-0.15, -0.1) is 6.58 Å². The number of alkyl halides is 3. The Bertz CT molecular complexity index is 399. The molecule has 0 saturated heterocycles. The summed E-state index contributed by atoms with van der Waals surface area (Å²) in [6.45, 7) is 5.43. The minimum Gasteiger partial charge on any atom is -0.271 e. The zero-order valence-electron chi connectivity index (χ0n) is 9.51. The summed E-state index contributed by atoms with van der Waals surface area (Å²) in [6, 6.07) is 4.83.